The van der Waals surface area contributed by atoms with E-state index in [1.807, 2.05) is 46.3 Å². The van der Waals surface area contributed by atoms with Crippen LogP contribution in [0.4, 0.5) is 0 Å². The lowest BCUT2D eigenvalue weighted by atomic mass is 9.81. The van der Waals surface area contributed by atoms with Crippen molar-refractivity contribution in [2.75, 3.05) is 0 Å². The summed E-state index contributed by atoms with van der Waals surface area (Å²) in [5.74, 6) is 0. The highest BCUT2D eigenvalue weighted by atomic mass is 32.1. The molecular formula is C52H30N4S4. The Labute approximate surface area is 361 Å². The first-order valence-corrected chi connectivity index (χ1v) is 23.1. The predicted octanol–water partition coefficient (Wildman–Crippen LogP) is 15.7. The molecule has 8 heteroatoms. The van der Waals surface area contributed by atoms with Crippen LogP contribution in [0.15, 0.2) is 180 Å². The minimum absolute atomic E-state index is 1.01. The van der Waals surface area contributed by atoms with Crippen LogP contribution in [0.25, 0.3) is 119 Å². The lowest BCUT2D eigenvalue weighted by Gasteiger charge is -2.22. The Morgan fingerprint density at radius 2 is 0.517 bits per heavy atom. The first-order valence-electron chi connectivity index (χ1n) is 19.5. The van der Waals surface area contributed by atoms with E-state index in [4.69, 9.17) is 0 Å². The summed E-state index contributed by atoms with van der Waals surface area (Å²) < 4.78 is 0. The van der Waals surface area contributed by atoms with Gasteiger partial charge in [0.15, 0.2) is 0 Å². The quantitative estimate of drug-likeness (QED) is 0.143. The van der Waals surface area contributed by atoms with Gasteiger partial charge in [0.2, 0.25) is 0 Å². The molecule has 0 spiro atoms. The molecule has 0 unspecified atom stereocenters. The van der Waals surface area contributed by atoms with Crippen LogP contribution >= 0.6 is 45.3 Å². The zero-order chi connectivity index (χ0) is 39.6. The molecular weight excluding hydrogens is 809 g/mol. The van der Waals surface area contributed by atoms with Crippen LogP contribution < -0.4 is 0 Å². The second-order valence-electron chi connectivity index (χ2n) is 14.7. The molecule has 282 valence electrons. The molecule has 60 heavy (non-hydrogen) atoms. The van der Waals surface area contributed by atoms with Crippen LogP contribution in [-0.4, -0.2) is 19.9 Å². The van der Waals surface area contributed by atoms with E-state index in [9.17, 15) is 0 Å². The van der Waals surface area contributed by atoms with Crippen LogP contribution in [-0.2, 0) is 0 Å². The van der Waals surface area contributed by atoms with E-state index in [-0.39, 0.29) is 0 Å². The van der Waals surface area contributed by atoms with Crippen LogP contribution in [0.5, 0.6) is 0 Å². The zero-order valence-electron chi connectivity index (χ0n) is 31.7. The second kappa shape index (κ2) is 14.5. The minimum Gasteiger partial charge on any atom is -0.245 e. The largest absolute Gasteiger partial charge is 0.245 e. The summed E-state index contributed by atoms with van der Waals surface area (Å²) in [6, 6.07) is 49.6. The predicted molar refractivity (Wildman–Crippen MR) is 256 cm³/mol. The molecule has 0 saturated carbocycles. The molecule has 0 amide bonds. The molecule has 0 bridgehead atoms. The highest BCUT2D eigenvalue weighted by Gasteiger charge is 2.22. The van der Waals surface area contributed by atoms with Crippen molar-refractivity contribution in [1.29, 1.82) is 0 Å². The average molecular weight is 839 g/mol. The third-order valence-corrected chi connectivity index (χ3v) is 14.6. The summed E-state index contributed by atoms with van der Waals surface area (Å²) in [4.78, 5) is 18.7. The Morgan fingerprint density at radius 3 is 0.750 bits per heavy atom. The van der Waals surface area contributed by atoms with E-state index in [2.05, 4.69) is 153 Å². The molecule has 0 fully saturated rings. The van der Waals surface area contributed by atoms with E-state index in [0.717, 1.165) is 64.5 Å². The van der Waals surface area contributed by atoms with Crippen LogP contribution in [0.3, 0.4) is 0 Å². The highest BCUT2D eigenvalue weighted by molar-refractivity contribution is 7.13. The number of aromatic nitrogens is 4. The molecule has 4 aromatic heterocycles. The van der Waals surface area contributed by atoms with Crippen molar-refractivity contribution < 1.29 is 0 Å². The molecule has 0 N–H and O–H groups in total. The smallest absolute Gasteiger partial charge is 0.123 e. The summed E-state index contributed by atoms with van der Waals surface area (Å²) >= 11 is 6.67. The standard InChI is InChI=1S/C52H30N4S4/c1-5-31(25-35(9-1)49-53-17-21-57-49)43-29-44(32-6-2-10-36(26-32)50-54-18-22-58-50)40-15-16-42-46(34-8-4-12-38(28-34)52-56-20-24-60-52)30-45(41-14-13-39(43)47(40)48(41)42)33-7-3-11-37(27-33)51-55-19-23-59-51/h1-30H. The lowest BCUT2D eigenvalue weighted by molar-refractivity contribution is 1.41. The third kappa shape index (κ3) is 5.99. The van der Waals surface area contributed by atoms with E-state index in [1.165, 1.54) is 54.6 Å². The van der Waals surface area contributed by atoms with Crippen molar-refractivity contribution in [3.8, 4) is 86.8 Å². The molecule has 0 aliphatic heterocycles. The summed E-state index contributed by atoms with van der Waals surface area (Å²) in [5.41, 5.74) is 13.8. The van der Waals surface area contributed by atoms with Gasteiger partial charge in [0.05, 0.1) is 0 Å². The molecule has 0 atom stereocenters. The third-order valence-electron chi connectivity index (χ3n) is 11.3. The van der Waals surface area contributed by atoms with Crippen LogP contribution in [0.2, 0.25) is 0 Å². The average Bonchev–Trinajstić information content (AvgIpc) is 4.17. The SMILES string of the molecule is c1cc(-c2nccs2)cc(-c2cc(-c3cccc(-c4nccs4)c3)c3ccc4c(-c5cccc(-c6nccs6)c5)cc(-c5cccc(-c6nccs6)c5)c5ccc2c3c54)c1. The van der Waals surface area contributed by atoms with Crippen molar-refractivity contribution in [2.24, 2.45) is 0 Å². The summed E-state index contributed by atoms with van der Waals surface area (Å²) in [5, 5.41) is 19.6. The molecule has 12 aromatic rings. The Balaban J connectivity index is 1.19. The van der Waals surface area contributed by atoms with Gasteiger partial charge in [0, 0.05) is 68.6 Å². The Hall–Kier alpha value is -6.68. The fourth-order valence-electron chi connectivity index (χ4n) is 8.69. The van der Waals surface area contributed by atoms with Gasteiger partial charge >= 0.3 is 0 Å². The second-order valence-corrected chi connectivity index (χ2v) is 18.3. The van der Waals surface area contributed by atoms with Gasteiger partial charge in [-0.25, -0.2) is 19.9 Å². The molecule has 4 nitrogen and oxygen atoms in total. The van der Waals surface area contributed by atoms with Crippen molar-refractivity contribution in [3.63, 3.8) is 0 Å². The number of rotatable bonds is 8. The Kier molecular flexibility index (Phi) is 8.55. The fourth-order valence-corrected chi connectivity index (χ4v) is 11.2. The van der Waals surface area contributed by atoms with Gasteiger partial charge in [0.1, 0.15) is 20.0 Å². The monoisotopic (exact) mass is 838 g/mol. The van der Waals surface area contributed by atoms with Gasteiger partial charge < -0.3 is 0 Å². The van der Waals surface area contributed by atoms with Crippen LogP contribution in [0.1, 0.15) is 0 Å². The van der Waals surface area contributed by atoms with Gasteiger partial charge in [-0.05, 0) is 113 Å². The zero-order valence-corrected chi connectivity index (χ0v) is 35.0. The molecule has 0 saturated heterocycles. The Morgan fingerprint density at radius 1 is 0.267 bits per heavy atom. The summed E-state index contributed by atoms with van der Waals surface area (Å²) in [6.07, 6.45) is 7.52. The number of hydrogen-bond donors (Lipinski definition) is 0. The topological polar surface area (TPSA) is 51.6 Å². The lowest BCUT2D eigenvalue weighted by Crippen LogP contribution is -1.95. The maximum atomic E-state index is 4.68. The van der Waals surface area contributed by atoms with Gasteiger partial charge in [-0.15, -0.1) is 45.3 Å². The highest BCUT2D eigenvalue weighted by Crippen LogP contribution is 2.49. The van der Waals surface area contributed by atoms with E-state index in [0.29, 0.717) is 0 Å². The maximum Gasteiger partial charge on any atom is 0.123 e. The van der Waals surface area contributed by atoms with Gasteiger partial charge in [0.25, 0.3) is 0 Å². The number of nitrogens with zero attached hydrogens (tertiary/aromatic N) is 4. The van der Waals surface area contributed by atoms with E-state index < -0.39 is 0 Å². The molecule has 4 heterocycles. The van der Waals surface area contributed by atoms with Crippen molar-refractivity contribution >= 4 is 77.7 Å². The maximum absolute atomic E-state index is 4.68. The van der Waals surface area contributed by atoms with Crippen molar-refractivity contribution in [3.05, 3.63) is 180 Å². The minimum atomic E-state index is 1.01. The van der Waals surface area contributed by atoms with Crippen molar-refractivity contribution in [1.82, 2.24) is 19.9 Å². The van der Waals surface area contributed by atoms with Crippen LogP contribution in [0, 0.1) is 0 Å². The van der Waals surface area contributed by atoms with Gasteiger partial charge in [-0.1, -0.05) is 97.1 Å². The normalized spacial score (nSPS) is 11.7. The molecule has 0 aliphatic rings. The first-order chi connectivity index (χ1) is 29.7. The number of thiazole rings is 4. The van der Waals surface area contributed by atoms with E-state index in [1.54, 1.807) is 45.3 Å². The molecule has 0 aliphatic carbocycles. The molecule has 0 radical (unpaired) electrons. The molecule has 12 rings (SSSR count). The number of hydrogen-bond acceptors (Lipinski definition) is 8. The van der Waals surface area contributed by atoms with E-state index >= 15 is 0 Å². The van der Waals surface area contributed by atoms with Gasteiger partial charge in [-0.3, -0.25) is 0 Å². The van der Waals surface area contributed by atoms with Crippen molar-refractivity contribution in [2.45, 2.75) is 0 Å². The molecule has 8 aromatic carbocycles. The Bertz CT molecular complexity index is 3020. The first kappa shape index (κ1) is 35.3. The summed E-state index contributed by atoms with van der Waals surface area (Å²) in [7, 11) is 0. The summed E-state index contributed by atoms with van der Waals surface area (Å²) in [6.45, 7) is 0. The number of benzene rings is 8. The van der Waals surface area contributed by atoms with Gasteiger partial charge in [-0.2, -0.15) is 0 Å². The fraction of sp³-hybridized carbons (Fsp3) is 0.